The van der Waals surface area contributed by atoms with Gasteiger partial charge in [0.15, 0.2) is 0 Å². The molecule has 0 saturated heterocycles. The fourth-order valence-electron chi connectivity index (χ4n) is 2.06. The van der Waals surface area contributed by atoms with Crippen molar-refractivity contribution >= 4 is 34.7 Å². The monoisotopic (exact) mass is 333 g/mol. The van der Waals surface area contributed by atoms with E-state index >= 15 is 0 Å². The zero-order valence-corrected chi connectivity index (χ0v) is 12.8. The number of nitrogens with zero attached hydrogens (tertiary/aromatic N) is 3. The minimum absolute atomic E-state index is 0.388. The highest BCUT2D eigenvalue weighted by molar-refractivity contribution is 6.31. The molecule has 0 spiro atoms. The van der Waals surface area contributed by atoms with Gasteiger partial charge >= 0.3 is 0 Å². The van der Waals surface area contributed by atoms with Crippen molar-refractivity contribution < 1.29 is 4.39 Å². The Bertz CT molecular complexity index is 747. The number of halogens is 3. The predicted molar refractivity (Wildman–Crippen MR) is 86.2 cm³/mol. The summed E-state index contributed by atoms with van der Waals surface area (Å²) in [5.74, 6) is -0.526. The summed E-state index contributed by atoms with van der Waals surface area (Å²) in [5.41, 5.74) is 1.75. The van der Waals surface area contributed by atoms with E-state index in [1.54, 1.807) is 48.5 Å². The summed E-state index contributed by atoms with van der Waals surface area (Å²) >= 11 is 11.8. The molecule has 3 nitrogen and oxygen atoms in total. The lowest BCUT2D eigenvalue weighted by Gasteiger charge is -2.11. The van der Waals surface area contributed by atoms with Crippen molar-refractivity contribution in [1.29, 1.82) is 0 Å². The SMILES string of the molecule is FC(=C(c1ccc(Cl)cc1)c1ccc(Cl)cc1)n1cncn1. The molecule has 0 aliphatic rings. The minimum atomic E-state index is -0.526. The van der Waals surface area contributed by atoms with E-state index in [2.05, 4.69) is 10.1 Å². The van der Waals surface area contributed by atoms with E-state index in [1.807, 2.05) is 0 Å². The Balaban J connectivity index is 2.20. The third-order valence-corrected chi connectivity index (χ3v) is 3.60. The smallest absolute Gasteiger partial charge is 0.223 e. The largest absolute Gasteiger partial charge is 0.224 e. The Morgan fingerprint density at radius 2 is 1.36 bits per heavy atom. The second-order valence-corrected chi connectivity index (χ2v) is 5.39. The molecule has 22 heavy (non-hydrogen) atoms. The van der Waals surface area contributed by atoms with Crippen LogP contribution in [0.3, 0.4) is 0 Å². The van der Waals surface area contributed by atoms with Crippen molar-refractivity contribution in [3.8, 4) is 0 Å². The Morgan fingerprint density at radius 1 is 0.864 bits per heavy atom. The first-order valence-electron chi connectivity index (χ1n) is 6.42. The van der Waals surface area contributed by atoms with Crippen LogP contribution in [0.2, 0.25) is 10.0 Å². The van der Waals surface area contributed by atoms with E-state index in [9.17, 15) is 4.39 Å². The number of aromatic nitrogens is 3. The summed E-state index contributed by atoms with van der Waals surface area (Å²) in [6.45, 7) is 0. The molecular formula is C16H10Cl2FN3. The standard InChI is InChI=1S/C16H10Cl2FN3/c17-13-5-1-11(2-6-13)15(12-3-7-14(18)8-4-12)16(19)22-10-20-9-21-22/h1-10H. The van der Waals surface area contributed by atoms with Crippen LogP contribution in [0.15, 0.2) is 61.2 Å². The molecule has 0 saturated carbocycles. The highest BCUT2D eigenvalue weighted by Gasteiger charge is 2.14. The van der Waals surface area contributed by atoms with Crippen LogP contribution in [0.4, 0.5) is 4.39 Å². The summed E-state index contributed by atoms with van der Waals surface area (Å²) in [5, 5.41) is 5.01. The lowest BCUT2D eigenvalue weighted by atomic mass is 9.98. The van der Waals surface area contributed by atoms with Gasteiger partial charge in [-0.3, -0.25) is 0 Å². The maximum absolute atomic E-state index is 14.9. The Hall–Kier alpha value is -2.17. The van der Waals surface area contributed by atoms with E-state index in [4.69, 9.17) is 23.2 Å². The molecule has 3 rings (SSSR count). The lowest BCUT2D eigenvalue weighted by Crippen LogP contribution is -1.99. The zero-order chi connectivity index (χ0) is 15.5. The molecule has 0 bridgehead atoms. The highest BCUT2D eigenvalue weighted by atomic mass is 35.5. The van der Waals surface area contributed by atoms with E-state index < -0.39 is 5.95 Å². The highest BCUT2D eigenvalue weighted by Crippen LogP contribution is 2.31. The van der Waals surface area contributed by atoms with E-state index in [1.165, 1.54) is 12.7 Å². The average molecular weight is 334 g/mol. The maximum Gasteiger partial charge on any atom is 0.224 e. The molecule has 0 aliphatic carbocycles. The maximum atomic E-state index is 14.9. The van der Waals surface area contributed by atoms with Gasteiger partial charge in [0.05, 0.1) is 0 Å². The van der Waals surface area contributed by atoms with Crippen molar-refractivity contribution in [2.24, 2.45) is 0 Å². The van der Waals surface area contributed by atoms with Gasteiger partial charge < -0.3 is 0 Å². The summed E-state index contributed by atoms with van der Waals surface area (Å²) in [6, 6.07) is 13.9. The fourth-order valence-corrected chi connectivity index (χ4v) is 2.31. The van der Waals surface area contributed by atoms with Gasteiger partial charge in [-0.25, -0.2) is 4.98 Å². The lowest BCUT2D eigenvalue weighted by molar-refractivity contribution is 0.653. The van der Waals surface area contributed by atoms with Crippen LogP contribution in [-0.4, -0.2) is 14.8 Å². The van der Waals surface area contributed by atoms with Gasteiger partial charge in [-0.05, 0) is 35.4 Å². The van der Waals surface area contributed by atoms with Crippen molar-refractivity contribution in [2.45, 2.75) is 0 Å². The van der Waals surface area contributed by atoms with Gasteiger partial charge in [0, 0.05) is 15.6 Å². The van der Waals surface area contributed by atoms with Gasteiger partial charge in [-0.1, -0.05) is 47.5 Å². The van der Waals surface area contributed by atoms with Crippen molar-refractivity contribution in [1.82, 2.24) is 14.8 Å². The van der Waals surface area contributed by atoms with Crippen LogP contribution in [0.1, 0.15) is 11.1 Å². The number of hydrogen-bond donors (Lipinski definition) is 0. The van der Waals surface area contributed by atoms with Crippen LogP contribution in [0, 0.1) is 0 Å². The van der Waals surface area contributed by atoms with E-state index in [0.29, 0.717) is 26.7 Å². The molecule has 2 aromatic carbocycles. The fraction of sp³-hybridized carbons (Fsp3) is 0. The predicted octanol–water partition coefficient (Wildman–Crippen LogP) is 4.93. The molecule has 1 aromatic heterocycles. The molecule has 0 radical (unpaired) electrons. The molecular weight excluding hydrogens is 324 g/mol. The third kappa shape index (κ3) is 3.03. The Labute approximate surface area is 136 Å². The molecule has 0 amide bonds. The van der Waals surface area contributed by atoms with Crippen LogP contribution in [-0.2, 0) is 0 Å². The number of hydrogen-bond acceptors (Lipinski definition) is 2. The molecule has 3 aromatic rings. The third-order valence-electron chi connectivity index (χ3n) is 3.09. The van der Waals surface area contributed by atoms with Gasteiger partial charge in [0.1, 0.15) is 12.7 Å². The van der Waals surface area contributed by atoms with Crippen LogP contribution >= 0.6 is 23.2 Å². The number of benzene rings is 2. The van der Waals surface area contributed by atoms with E-state index in [0.717, 1.165) is 4.68 Å². The molecule has 0 unspecified atom stereocenters. The summed E-state index contributed by atoms with van der Waals surface area (Å²) in [4.78, 5) is 3.78. The van der Waals surface area contributed by atoms with Crippen LogP contribution < -0.4 is 0 Å². The molecule has 0 fully saturated rings. The zero-order valence-electron chi connectivity index (χ0n) is 11.2. The molecule has 0 aliphatic heterocycles. The topological polar surface area (TPSA) is 30.7 Å². The minimum Gasteiger partial charge on any atom is -0.223 e. The van der Waals surface area contributed by atoms with Crippen molar-refractivity contribution in [3.05, 3.63) is 82.4 Å². The van der Waals surface area contributed by atoms with Crippen LogP contribution in [0.5, 0.6) is 0 Å². The second-order valence-electron chi connectivity index (χ2n) is 4.52. The summed E-state index contributed by atoms with van der Waals surface area (Å²) in [7, 11) is 0. The molecule has 0 atom stereocenters. The first-order valence-corrected chi connectivity index (χ1v) is 7.17. The second kappa shape index (κ2) is 6.30. The Morgan fingerprint density at radius 3 is 1.77 bits per heavy atom. The molecule has 110 valence electrons. The van der Waals surface area contributed by atoms with Gasteiger partial charge in [0.25, 0.3) is 0 Å². The van der Waals surface area contributed by atoms with Crippen molar-refractivity contribution in [2.75, 3.05) is 0 Å². The normalized spacial score (nSPS) is 10.5. The van der Waals surface area contributed by atoms with Crippen molar-refractivity contribution in [3.63, 3.8) is 0 Å². The quantitative estimate of drug-likeness (QED) is 0.680. The average Bonchev–Trinajstić information content (AvgIpc) is 3.05. The van der Waals surface area contributed by atoms with Crippen LogP contribution in [0.25, 0.3) is 11.5 Å². The number of rotatable bonds is 3. The first kappa shape index (κ1) is 14.8. The van der Waals surface area contributed by atoms with Gasteiger partial charge in [-0.15, -0.1) is 0 Å². The Kier molecular flexibility index (Phi) is 4.22. The van der Waals surface area contributed by atoms with Gasteiger partial charge in [0.2, 0.25) is 5.95 Å². The first-order chi connectivity index (χ1) is 10.6. The molecule has 0 N–H and O–H groups in total. The molecule has 1 heterocycles. The van der Waals surface area contributed by atoms with Gasteiger partial charge in [-0.2, -0.15) is 14.2 Å². The summed E-state index contributed by atoms with van der Waals surface area (Å²) < 4.78 is 16.0. The summed E-state index contributed by atoms with van der Waals surface area (Å²) in [6.07, 6.45) is 2.59. The van der Waals surface area contributed by atoms with E-state index in [-0.39, 0.29) is 0 Å². The molecule has 6 heteroatoms.